The highest BCUT2D eigenvalue weighted by molar-refractivity contribution is 6.31. The van der Waals surface area contributed by atoms with Gasteiger partial charge in [-0.2, -0.15) is 0 Å². The first kappa shape index (κ1) is 11.0. The van der Waals surface area contributed by atoms with Gasteiger partial charge in [-0.3, -0.25) is 0 Å². The first-order valence-electron chi connectivity index (χ1n) is 5.01. The van der Waals surface area contributed by atoms with Crippen molar-refractivity contribution in [2.75, 3.05) is 5.32 Å². The van der Waals surface area contributed by atoms with Crippen LogP contribution in [0, 0.1) is 13.8 Å². The van der Waals surface area contributed by atoms with Crippen molar-refractivity contribution in [1.29, 1.82) is 0 Å². The van der Waals surface area contributed by atoms with Gasteiger partial charge in [-0.25, -0.2) is 9.97 Å². The molecule has 2 rings (SSSR count). The largest absolute Gasteiger partial charge is 0.377 e. The smallest absolute Gasteiger partial charge is 0.152 e. The van der Waals surface area contributed by atoms with Crippen LogP contribution < -0.4 is 5.32 Å². The van der Waals surface area contributed by atoms with Crippen LogP contribution in [0.5, 0.6) is 0 Å². The number of hydrogen-bond donors (Lipinski definition) is 2. The molecule has 0 radical (unpaired) electrons. The summed E-state index contributed by atoms with van der Waals surface area (Å²) in [7, 11) is 0. The van der Waals surface area contributed by atoms with Gasteiger partial charge in [-0.05, 0) is 25.5 Å². The molecule has 16 heavy (non-hydrogen) atoms. The predicted molar refractivity (Wildman–Crippen MR) is 64.6 cm³/mol. The van der Waals surface area contributed by atoms with Gasteiger partial charge < -0.3 is 10.3 Å². The van der Waals surface area contributed by atoms with Gasteiger partial charge in [-0.1, -0.05) is 11.6 Å². The number of nitrogens with one attached hydrogen (secondary N) is 2. The predicted octanol–water partition coefficient (Wildman–Crippen LogP) is 2.69. The standard InChI is InChI=1S/C11H13ClN4/c1-7-3-9(11(12)14-4-7)13-5-10-8(2)15-6-16-10/h3-4,6,13H,5H2,1-2H3,(H,15,16). The van der Waals surface area contributed by atoms with E-state index in [4.69, 9.17) is 11.6 Å². The van der Waals surface area contributed by atoms with Crippen LogP contribution in [0.25, 0.3) is 0 Å². The molecular weight excluding hydrogens is 224 g/mol. The molecule has 5 heteroatoms. The third kappa shape index (κ3) is 2.33. The molecule has 2 aromatic heterocycles. The Morgan fingerprint density at radius 2 is 2.19 bits per heavy atom. The normalized spacial score (nSPS) is 10.4. The average molecular weight is 237 g/mol. The van der Waals surface area contributed by atoms with Crippen molar-refractivity contribution in [3.63, 3.8) is 0 Å². The van der Waals surface area contributed by atoms with Crippen molar-refractivity contribution in [2.45, 2.75) is 20.4 Å². The molecule has 0 atom stereocenters. The monoisotopic (exact) mass is 236 g/mol. The number of imidazole rings is 1. The molecule has 0 fully saturated rings. The number of pyridine rings is 1. The van der Waals surface area contributed by atoms with E-state index < -0.39 is 0 Å². The van der Waals surface area contributed by atoms with Crippen LogP contribution in [0.15, 0.2) is 18.6 Å². The van der Waals surface area contributed by atoms with Crippen LogP contribution in [-0.2, 0) is 6.54 Å². The number of rotatable bonds is 3. The molecule has 0 aliphatic heterocycles. The zero-order valence-electron chi connectivity index (χ0n) is 9.21. The summed E-state index contributed by atoms with van der Waals surface area (Å²) in [5.74, 6) is 0. The summed E-state index contributed by atoms with van der Waals surface area (Å²) >= 11 is 5.97. The molecule has 0 spiro atoms. The van der Waals surface area contributed by atoms with Gasteiger partial charge in [0.2, 0.25) is 0 Å². The highest BCUT2D eigenvalue weighted by Gasteiger charge is 2.04. The fourth-order valence-electron chi connectivity index (χ4n) is 1.42. The summed E-state index contributed by atoms with van der Waals surface area (Å²) in [5.41, 5.74) is 3.96. The van der Waals surface area contributed by atoms with E-state index in [0.29, 0.717) is 11.7 Å². The average Bonchev–Trinajstić information content (AvgIpc) is 2.66. The van der Waals surface area contributed by atoms with Crippen LogP contribution in [0.1, 0.15) is 17.0 Å². The van der Waals surface area contributed by atoms with E-state index in [0.717, 1.165) is 22.6 Å². The molecule has 0 amide bonds. The number of aromatic nitrogens is 3. The van der Waals surface area contributed by atoms with Gasteiger partial charge in [0.15, 0.2) is 5.15 Å². The number of aromatic amines is 1. The summed E-state index contributed by atoms with van der Waals surface area (Å²) in [6.07, 6.45) is 3.43. The fourth-order valence-corrected chi connectivity index (χ4v) is 1.59. The number of nitrogens with zero attached hydrogens (tertiary/aromatic N) is 2. The minimum Gasteiger partial charge on any atom is -0.377 e. The molecule has 0 aromatic carbocycles. The van der Waals surface area contributed by atoms with Crippen molar-refractivity contribution in [3.8, 4) is 0 Å². The molecule has 0 aliphatic rings. The Labute approximate surface area is 99.1 Å². The number of H-pyrrole nitrogens is 1. The topological polar surface area (TPSA) is 53.6 Å². The zero-order valence-corrected chi connectivity index (χ0v) is 9.97. The van der Waals surface area contributed by atoms with E-state index in [1.807, 2.05) is 19.9 Å². The summed E-state index contributed by atoms with van der Waals surface area (Å²) < 4.78 is 0. The number of halogens is 1. The van der Waals surface area contributed by atoms with Gasteiger partial charge in [0.05, 0.1) is 24.3 Å². The van der Waals surface area contributed by atoms with Gasteiger partial charge in [-0.15, -0.1) is 0 Å². The maximum Gasteiger partial charge on any atom is 0.152 e. The summed E-state index contributed by atoms with van der Waals surface area (Å²) in [6, 6.07) is 1.97. The van der Waals surface area contributed by atoms with E-state index in [1.54, 1.807) is 12.5 Å². The number of anilines is 1. The molecular formula is C11H13ClN4. The van der Waals surface area contributed by atoms with Gasteiger partial charge in [0.1, 0.15) is 0 Å². The molecule has 84 valence electrons. The SMILES string of the molecule is Cc1cnc(Cl)c(NCc2nc[nH]c2C)c1. The Hall–Kier alpha value is -1.55. The van der Waals surface area contributed by atoms with E-state index in [2.05, 4.69) is 20.3 Å². The lowest BCUT2D eigenvalue weighted by Crippen LogP contribution is -2.02. The van der Waals surface area contributed by atoms with Gasteiger partial charge in [0.25, 0.3) is 0 Å². The van der Waals surface area contributed by atoms with Crippen molar-refractivity contribution in [3.05, 3.63) is 40.7 Å². The van der Waals surface area contributed by atoms with Crippen LogP contribution in [0.3, 0.4) is 0 Å². The highest BCUT2D eigenvalue weighted by atomic mass is 35.5. The summed E-state index contributed by atoms with van der Waals surface area (Å²) in [5, 5.41) is 3.71. The van der Waals surface area contributed by atoms with Crippen molar-refractivity contribution < 1.29 is 0 Å². The Bertz CT molecular complexity index is 492. The first-order chi connectivity index (χ1) is 7.66. The maximum absolute atomic E-state index is 5.97. The number of hydrogen-bond acceptors (Lipinski definition) is 3. The Morgan fingerprint density at radius 3 is 2.88 bits per heavy atom. The van der Waals surface area contributed by atoms with Gasteiger partial charge in [0, 0.05) is 11.9 Å². The Balaban J connectivity index is 2.10. The van der Waals surface area contributed by atoms with E-state index in [-0.39, 0.29) is 0 Å². The molecule has 0 saturated heterocycles. The van der Waals surface area contributed by atoms with Crippen LogP contribution in [0.4, 0.5) is 5.69 Å². The molecule has 0 unspecified atom stereocenters. The van der Waals surface area contributed by atoms with Crippen LogP contribution in [-0.4, -0.2) is 15.0 Å². The molecule has 0 bridgehead atoms. The lowest BCUT2D eigenvalue weighted by atomic mass is 10.3. The minimum absolute atomic E-state index is 0.485. The molecule has 2 N–H and O–H groups in total. The Morgan fingerprint density at radius 1 is 1.38 bits per heavy atom. The molecule has 4 nitrogen and oxygen atoms in total. The third-order valence-electron chi connectivity index (χ3n) is 2.36. The Kier molecular flexibility index (Phi) is 3.10. The number of aryl methyl sites for hydroxylation is 2. The van der Waals surface area contributed by atoms with Crippen molar-refractivity contribution >= 4 is 17.3 Å². The first-order valence-corrected chi connectivity index (χ1v) is 5.39. The van der Waals surface area contributed by atoms with Crippen molar-refractivity contribution in [1.82, 2.24) is 15.0 Å². The molecule has 0 saturated carbocycles. The second-order valence-corrected chi connectivity index (χ2v) is 4.04. The minimum atomic E-state index is 0.485. The lowest BCUT2D eigenvalue weighted by Gasteiger charge is -2.07. The third-order valence-corrected chi connectivity index (χ3v) is 2.66. The zero-order chi connectivity index (χ0) is 11.5. The van der Waals surface area contributed by atoms with Crippen LogP contribution in [0.2, 0.25) is 5.15 Å². The highest BCUT2D eigenvalue weighted by Crippen LogP contribution is 2.20. The molecule has 2 aromatic rings. The molecule has 2 heterocycles. The van der Waals surface area contributed by atoms with Crippen molar-refractivity contribution in [2.24, 2.45) is 0 Å². The second-order valence-electron chi connectivity index (χ2n) is 3.68. The summed E-state index contributed by atoms with van der Waals surface area (Å²) in [6.45, 7) is 4.61. The van der Waals surface area contributed by atoms with E-state index in [1.165, 1.54) is 0 Å². The van der Waals surface area contributed by atoms with Crippen LogP contribution >= 0.6 is 11.6 Å². The lowest BCUT2D eigenvalue weighted by molar-refractivity contribution is 1.04. The van der Waals surface area contributed by atoms with E-state index >= 15 is 0 Å². The fraction of sp³-hybridized carbons (Fsp3) is 0.273. The summed E-state index contributed by atoms with van der Waals surface area (Å²) in [4.78, 5) is 11.3. The second kappa shape index (κ2) is 4.53. The van der Waals surface area contributed by atoms with E-state index in [9.17, 15) is 0 Å². The van der Waals surface area contributed by atoms with Gasteiger partial charge >= 0.3 is 0 Å². The maximum atomic E-state index is 5.97. The molecule has 0 aliphatic carbocycles. The quantitative estimate of drug-likeness (QED) is 0.806.